The predicted molar refractivity (Wildman–Crippen MR) is 71.7 cm³/mol. The molecule has 0 aliphatic rings. The Labute approximate surface area is 114 Å². The summed E-state index contributed by atoms with van der Waals surface area (Å²) < 4.78 is 27.1. The minimum Gasteiger partial charge on any atom is -0.271 e. The molecule has 3 nitrogen and oxygen atoms in total. The number of hydrazine groups is 1. The Kier molecular flexibility index (Phi) is 4.57. The lowest BCUT2D eigenvalue weighted by Gasteiger charge is -2.15. The molecule has 0 aliphatic carbocycles. The van der Waals surface area contributed by atoms with Crippen molar-refractivity contribution in [1.29, 1.82) is 0 Å². The Hall–Kier alpha value is -1.37. The van der Waals surface area contributed by atoms with Gasteiger partial charge in [0.2, 0.25) is 0 Å². The molecule has 0 saturated carbocycles. The number of thiazole rings is 1. The average Bonchev–Trinajstić information content (AvgIpc) is 2.78. The number of rotatable bonds is 5. The van der Waals surface area contributed by atoms with E-state index in [0.717, 1.165) is 10.7 Å². The van der Waals surface area contributed by atoms with Gasteiger partial charge in [0.1, 0.15) is 11.6 Å². The van der Waals surface area contributed by atoms with Crippen LogP contribution in [0, 0.1) is 18.6 Å². The summed E-state index contributed by atoms with van der Waals surface area (Å²) in [6.45, 7) is 1.90. The maximum absolute atomic E-state index is 13.6. The molecule has 2 rings (SSSR count). The molecular weight excluding hydrogens is 268 g/mol. The van der Waals surface area contributed by atoms with Gasteiger partial charge in [-0.05, 0) is 25.5 Å². The first-order chi connectivity index (χ1) is 9.10. The lowest BCUT2D eigenvalue weighted by molar-refractivity contribution is 0.483. The molecule has 0 amide bonds. The molecule has 0 radical (unpaired) electrons. The van der Waals surface area contributed by atoms with E-state index in [1.807, 2.05) is 12.3 Å². The SMILES string of the molecule is Cc1csc(CC(Cc2c(F)cccc2F)NN)n1. The zero-order valence-corrected chi connectivity index (χ0v) is 11.3. The second-order valence-corrected chi connectivity index (χ2v) is 5.30. The van der Waals surface area contributed by atoms with Crippen molar-refractivity contribution in [2.45, 2.75) is 25.8 Å². The van der Waals surface area contributed by atoms with Crippen molar-refractivity contribution >= 4 is 11.3 Å². The van der Waals surface area contributed by atoms with Gasteiger partial charge in [-0.15, -0.1) is 11.3 Å². The molecule has 0 saturated heterocycles. The standard InChI is InChI=1S/C13H15F2N3S/c1-8-7-19-13(17-8)6-9(18-16)5-10-11(14)3-2-4-12(10)15/h2-4,7,9,18H,5-6,16H2,1H3. The van der Waals surface area contributed by atoms with E-state index in [9.17, 15) is 8.78 Å². The van der Waals surface area contributed by atoms with Gasteiger partial charge in [0.05, 0.1) is 5.01 Å². The molecule has 0 bridgehead atoms. The fraction of sp³-hybridized carbons (Fsp3) is 0.308. The van der Waals surface area contributed by atoms with E-state index in [1.165, 1.54) is 29.5 Å². The highest BCUT2D eigenvalue weighted by Gasteiger charge is 2.16. The van der Waals surface area contributed by atoms with Gasteiger partial charge >= 0.3 is 0 Å². The minimum absolute atomic E-state index is 0.0544. The van der Waals surface area contributed by atoms with E-state index < -0.39 is 11.6 Å². The summed E-state index contributed by atoms with van der Waals surface area (Å²) in [7, 11) is 0. The molecule has 3 N–H and O–H groups in total. The van der Waals surface area contributed by atoms with Gasteiger partial charge in [0, 0.05) is 29.1 Å². The highest BCUT2D eigenvalue weighted by molar-refractivity contribution is 7.09. The maximum atomic E-state index is 13.6. The Morgan fingerprint density at radius 1 is 1.32 bits per heavy atom. The Morgan fingerprint density at radius 2 is 2.00 bits per heavy atom. The summed E-state index contributed by atoms with van der Waals surface area (Å²) in [5.74, 6) is 4.37. The molecule has 102 valence electrons. The van der Waals surface area contributed by atoms with E-state index >= 15 is 0 Å². The van der Waals surface area contributed by atoms with Crippen LogP contribution in [0.5, 0.6) is 0 Å². The Bertz CT molecular complexity index is 536. The number of halogens is 2. The van der Waals surface area contributed by atoms with Gasteiger partial charge in [0.15, 0.2) is 0 Å². The fourth-order valence-corrected chi connectivity index (χ4v) is 2.72. The molecule has 2 aromatic rings. The highest BCUT2D eigenvalue weighted by Crippen LogP contribution is 2.17. The third-order valence-corrected chi connectivity index (χ3v) is 3.82. The Balaban J connectivity index is 2.11. The van der Waals surface area contributed by atoms with Crippen LogP contribution in [0.3, 0.4) is 0 Å². The van der Waals surface area contributed by atoms with Gasteiger partial charge < -0.3 is 0 Å². The van der Waals surface area contributed by atoms with E-state index in [2.05, 4.69) is 10.4 Å². The largest absolute Gasteiger partial charge is 0.271 e. The second kappa shape index (κ2) is 6.18. The van der Waals surface area contributed by atoms with Crippen LogP contribution in [0.25, 0.3) is 0 Å². The van der Waals surface area contributed by atoms with Crippen molar-refractivity contribution < 1.29 is 8.78 Å². The lowest BCUT2D eigenvalue weighted by atomic mass is 10.0. The molecule has 0 aliphatic heterocycles. The summed E-state index contributed by atoms with van der Waals surface area (Å²) in [6.07, 6.45) is 0.733. The number of hydrogen-bond donors (Lipinski definition) is 2. The third kappa shape index (κ3) is 3.56. The van der Waals surface area contributed by atoms with Crippen molar-refractivity contribution in [3.8, 4) is 0 Å². The number of benzene rings is 1. The van der Waals surface area contributed by atoms with Gasteiger partial charge in [-0.1, -0.05) is 6.07 Å². The predicted octanol–water partition coefficient (Wildman–Crippen LogP) is 2.35. The molecular formula is C13H15F2N3S. The number of hydrogen-bond acceptors (Lipinski definition) is 4. The normalized spacial score (nSPS) is 12.6. The van der Waals surface area contributed by atoms with E-state index in [-0.39, 0.29) is 18.0 Å². The summed E-state index contributed by atoms with van der Waals surface area (Å²) in [6, 6.07) is 3.60. The first-order valence-corrected chi connectivity index (χ1v) is 6.78. The van der Waals surface area contributed by atoms with Crippen LogP contribution in [-0.2, 0) is 12.8 Å². The van der Waals surface area contributed by atoms with Crippen LogP contribution in [0.1, 0.15) is 16.3 Å². The van der Waals surface area contributed by atoms with Crippen molar-refractivity contribution in [2.24, 2.45) is 5.84 Å². The molecule has 1 atom stereocenters. The molecule has 1 heterocycles. The zero-order chi connectivity index (χ0) is 13.8. The van der Waals surface area contributed by atoms with E-state index in [4.69, 9.17) is 5.84 Å². The van der Waals surface area contributed by atoms with Crippen LogP contribution in [0.2, 0.25) is 0 Å². The highest BCUT2D eigenvalue weighted by atomic mass is 32.1. The van der Waals surface area contributed by atoms with Gasteiger partial charge in [-0.25, -0.2) is 13.8 Å². The summed E-state index contributed by atoms with van der Waals surface area (Å²) in [4.78, 5) is 4.32. The quantitative estimate of drug-likeness (QED) is 0.654. The van der Waals surface area contributed by atoms with Crippen molar-refractivity contribution in [3.05, 3.63) is 51.5 Å². The average molecular weight is 283 g/mol. The number of aryl methyl sites for hydroxylation is 1. The number of nitrogens with one attached hydrogen (secondary N) is 1. The van der Waals surface area contributed by atoms with Crippen molar-refractivity contribution in [3.63, 3.8) is 0 Å². The first-order valence-electron chi connectivity index (χ1n) is 5.90. The van der Waals surface area contributed by atoms with Crippen LogP contribution in [0.15, 0.2) is 23.6 Å². The number of nitrogens with zero attached hydrogens (tertiary/aromatic N) is 1. The number of nitrogens with two attached hydrogens (primary N) is 1. The van der Waals surface area contributed by atoms with Crippen molar-refractivity contribution in [2.75, 3.05) is 0 Å². The van der Waals surface area contributed by atoms with Crippen LogP contribution in [-0.4, -0.2) is 11.0 Å². The summed E-state index contributed by atoms with van der Waals surface area (Å²) in [5.41, 5.74) is 3.59. The first kappa shape index (κ1) is 14.0. The molecule has 1 aromatic carbocycles. The second-order valence-electron chi connectivity index (χ2n) is 4.35. The molecule has 0 fully saturated rings. The van der Waals surface area contributed by atoms with Crippen molar-refractivity contribution in [1.82, 2.24) is 10.4 Å². The smallest absolute Gasteiger partial charge is 0.129 e. The van der Waals surface area contributed by atoms with Crippen LogP contribution < -0.4 is 11.3 Å². The third-order valence-electron chi connectivity index (χ3n) is 2.84. The van der Waals surface area contributed by atoms with E-state index in [1.54, 1.807) is 0 Å². The zero-order valence-electron chi connectivity index (χ0n) is 10.5. The van der Waals surface area contributed by atoms with E-state index in [0.29, 0.717) is 6.42 Å². The van der Waals surface area contributed by atoms with Gasteiger partial charge in [0.25, 0.3) is 0 Å². The fourth-order valence-electron chi connectivity index (χ4n) is 1.87. The molecule has 6 heteroatoms. The van der Waals surface area contributed by atoms with Gasteiger partial charge in [-0.2, -0.15) is 0 Å². The molecule has 1 unspecified atom stereocenters. The maximum Gasteiger partial charge on any atom is 0.129 e. The molecule has 19 heavy (non-hydrogen) atoms. The molecule has 1 aromatic heterocycles. The monoisotopic (exact) mass is 283 g/mol. The van der Waals surface area contributed by atoms with Crippen LogP contribution >= 0.6 is 11.3 Å². The summed E-state index contributed by atoms with van der Waals surface area (Å²) in [5, 5.41) is 2.84. The summed E-state index contributed by atoms with van der Waals surface area (Å²) >= 11 is 1.52. The number of aromatic nitrogens is 1. The lowest BCUT2D eigenvalue weighted by Crippen LogP contribution is -2.38. The van der Waals surface area contributed by atoms with Crippen LogP contribution in [0.4, 0.5) is 8.78 Å². The Morgan fingerprint density at radius 3 is 2.53 bits per heavy atom. The topological polar surface area (TPSA) is 50.9 Å². The van der Waals surface area contributed by atoms with Gasteiger partial charge in [-0.3, -0.25) is 11.3 Å². The molecule has 0 spiro atoms. The minimum atomic E-state index is -0.546.